The highest BCUT2D eigenvalue weighted by molar-refractivity contribution is 7.80. The second-order valence-electron chi connectivity index (χ2n) is 3.66. The first kappa shape index (κ1) is 11.9. The van der Waals surface area contributed by atoms with E-state index in [1.54, 1.807) is 12.1 Å². The maximum Gasteiger partial charge on any atom is 0.123 e. The molecule has 0 aromatic heterocycles. The molecule has 2 nitrogen and oxygen atoms in total. The molecule has 0 saturated carbocycles. The molecule has 2 N–H and O–H groups in total. The van der Waals surface area contributed by atoms with Crippen LogP contribution >= 0.6 is 12.2 Å². The molecular weight excluding hydrogens is 211 g/mol. The Hall–Kier alpha value is -1.16. The molecule has 0 fully saturated rings. The van der Waals surface area contributed by atoms with Gasteiger partial charge in [-0.1, -0.05) is 19.1 Å². The lowest BCUT2D eigenvalue weighted by Crippen LogP contribution is -2.31. The summed E-state index contributed by atoms with van der Waals surface area (Å²) in [5.74, 6) is -0.0791. The molecule has 0 bridgehead atoms. The van der Waals surface area contributed by atoms with Gasteiger partial charge in [0.25, 0.3) is 0 Å². The fourth-order valence-electron chi connectivity index (χ4n) is 1.30. The summed E-state index contributed by atoms with van der Waals surface area (Å²) in [5.41, 5.74) is 6.49. The van der Waals surface area contributed by atoms with Gasteiger partial charge in [-0.25, -0.2) is 4.39 Å². The third kappa shape index (κ3) is 3.47. The molecule has 0 aliphatic heterocycles. The van der Waals surface area contributed by atoms with Crippen molar-refractivity contribution in [2.24, 2.45) is 11.7 Å². The van der Waals surface area contributed by atoms with E-state index < -0.39 is 0 Å². The Kier molecular flexibility index (Phi) is 4.03. The number of nitrogens with two attached hydrogens (primary N) is 1. The van der Waals surface area contributed by atoms with Crippen molar-refractivity contribution in [3.8, 4) is 0 Å². The predicted octanol–water partition coefficient (Wildman–Crippen LogP) is 2.18. The van der Waals surface area contributed by atoms with Gasteiger partial charge in [-0.2, -0.15) is 0 Å². The molecular formula is C11H15FN2S. The maximum atomic E-state index is 12.7. The lowest BCUT2D eigenvalue weighted by molar-refractivity contribution is 0.627. The van der Waals surface area contributed by atoms with Crippen LogP contribution in [0.2, 0.25) is 0 Å². The largest absolute Gasteiger partial charge is 0.393 e. The van der Waals surface area contributed by atoms with Crippen molar-refractivity contribution in [3.63, 3.8) is 0 Å². The van der Waals surface area contributed by atoms with Crippen molar-refractivity contribution in [3.05, 3.63) is 30.1 Å². The normalized spacial score (nSPS) is 12.2. The molecule has 1 rings (SSSR count). The van der Waals surface area contributed by atoms with Crippen molar-refractivity contribution in [1.29, 1.82) is 0 Å². The lowest BCUT2D eigenvalue weighted by Gasteiger charge is -2.22. The van der Waals surface area contributed by atoms with Gasteiger partial charge in [-0.15, -0.1) is 0 Å². The van der Waals surface area contributed by atoms with Gasteiger partial charge in [0.05, 0.1) is 4.99 Å². The number of halogens is 1. The van der Waals surface area contributed by atoms with Gasteiger partial charge in [0.1, 0.15) is 5.82 Å². The van der Waals surface area contributed by atoms with Gasteiger partial charge in [0.2, 0.25) is 0 Å². The van der Waals surface area contributed by atoms with Crippen LogP contribution in [0.15, 0.2) is 24.3 Å². The molecule has 4 heteroatoms. The van der Waals surface area contributed by atoms with Crippen LogP contribution in [-0.4, -0.2) is 18.6 Å². The molecule has 0 saturated heterocycles. The minimum absolute atomic E-state index is 0.148. The molecule has 15 heavy (non-hydrogen) atoms. The van der Waals surface area contributed by atoms with Crippen molar-refractivity contribution < 1.29 is 4.39 Å². The van der Waals surface area contributed by atoms with Crippen molar-refractivity contribution in [1.82, 2.24) is 0 Å². The summed E-state index contributed by atoms with van der Waals surface area (Å²) in [4.78, 5) is 2.51. The zero-order valence-electron chi connectivity index (χ0n) is 8.90. The molecule has 1 aromatic carbocycles. The van der Waals surface area contributed by atoms with E-state index in [4.69, 9.17) is 18.0 Å². The highest BCUT2D eigenvalue weighted by Crippen LogP contribution is 2.14. The summed E-state index contributed by atoms with van der Waals surface area (Å²) >= 11 is 4.90. The van der Waals surface area contributed by atoms with Gasteiger partial charge in [-0.05, 0) is 24.3 Å². The standard InChI is InChI=1S/C11H15FN2S/c1-8(11(13)15)7-14(2)10-5-3-9(12)4-6-10/h3-6,8H,7H2,1-2H3,(H2,13,15). The van der Waals surface area contributed by atoms with E-state index in [1.165, 1.54) is 12.1 Å². The molecule has 1 atom stereocenters. The maximum absolute atomic E-state index is 12.7. The zero-order chi connectivity index (χ0) is 11.4. The molecule has 0 radical (unpaired) electrons. The smallest absolute Gasteiger partial charge is 0.123 e. The van der Waals surface area contributed by atoms with Gasteiger partial charge in [-0.3, -0.25) is 0 Å². The number of benzene rings is 1. The van der Waals surface area contributed by atoms with E-state index in [1.807, 2.05) is 18.9 Å². The Labute approximate surface area is 94.9 Å². The van der Waals surface area contributed by atoms with Crippen LogP contribution in [0.4, 0.5) is 10.1 Å². The second-order valence-corrected chi connectivity index (χ2v) is 4.13. The summed E-state index contributed by atoms with van der Waals surface area (Å²) < 4.78 is 12.7. The van der Waals surface area contributed by atoms with Gasteiger partial charge < -0.3 is 10.6 Å². The van der Waals surface area contributed by atoms with E-state index in [9.17, 15) is 4.39 Å². The van der Waals surface area contributed by atoms with Crippen molar-refractivity contribution in [2.45, 2.75) is 6.92 Å². The van der Waals surface area contributed by atoms with E-state index in [0.717, 1.165) is 12.2 Å². The first-order chi connectivity index (χ1) is 7.00. The molecule has 0 aliphatic carbocycles. The number of nitrogens with zero attached hydrogens (tertiary/aromatic N) is 1. The first-order valence-electron chi connectivity index (χ1n) is 4.76. The van der Waals surface area contributed by atoms with Gasteiger partial charge in [0.15, 0.2) is 0 Å². The van der Waals surface area contributed by atoms with Crippen LogP contribution in [0.25, 0.3) is 0 Å². The zero-order valence-corrected chi connectivity index (χ0v) is 9.72. The summed E-state index contributed by atoms with van der Waals surface area (Å²) in [6.07, 6.45) is 0. The third-order valence-electron chi connectivity index (χ3n) is 2.30. The van der Waals surface area contributed by atoms with Gasteiger partial charge >= 0.3 is 0 Å². The Balaban J connectivity index is 2.64. The van der Waals surface area contributed by atoms with E-state index in [0.29, 0.717) is 4.99 Å². The average molecular weight is 226 g/mol. The summed E-state index contributed by atoms with van der Waals surface area (Å²) in [6, 6.07) is 6.36. The van der Waals surface area contributed by atoms with E-state index >= 15 is 0 Å². The highest BCUT2D eigenvalue weighted by Gasteiger charge is 2.09. The summed E-state index contributed by atoms with van der Waals surface area (Å²) in [6.45, 7) is 2.71. The number of hydrogen-bond acceptors (Lipinski definition) is 2. The van der Waals surface area contributed by atoms with Crippen LogP contribution in [0.5, 0.6) is 0 Å². The monoisotopic (exact) mass is 226 g/mol. The molecule has 1 unspecified atom stereocenters. The van der Waals surface area contributed by atoms with Crippen LogP contribution in [0.1, 0.15) is 6.92 Å². The van der Waals surface area contributed by atoms with Crippen LogP contribution in [0.3, 0.4) is 0 Å². The second kappa shape index (κ2) is 5.07. The van der Waals surface area contributed by atoms with Crippen molar-refractivity contribution in [2.75, 3.05) is 18.5 Å². The minimum Gasteiger partial charge on any atom is -0.393 e. The highest BCUT2D eigenvalue weighted by atomic mass is 32.1. The first-order valence-corrected chi connectivity index (χ1v) is 5.17. The summed E-state index contributed by atoms with van der Waals surface area (Å²) in [7, 11) is 1.93. The van der Waals surface area contributed by atoms with Gasteiger partial charge in [0, 0.05) is 25.2 Å². The van der Waals surface area contributed by atoms with Crippen LogP contribution in [-0.2, 0) is 0 Å². The number of hydrogen-bond donors (Lipinski definition) is 1. The molecule has 0 heterocycles. The van der Waals surface area contributed by atoms with E-state index in [2.05, 4.69) is 0 Å². The Morgan fingerprint density at radius 3 is 2.47 bits per heavy atom. The fraction of sp³-hybridized carbons (Fsp3) is 0.364. The van der Waals surface area contributed by atoms with Crippen molar-refractivity contribution >= 4 is 22.9 Å². The topological polar surface area (TPSA) is 29.3 Å². The molecule has 0 aliphatic rings. The molecule has 0 amide bonds. The van der Waals surface area contributed by atoms with Crippen LogP contribution in [0, 0.1) is 11.7 Å². The number of thiocarbonyl (C=S) groups is 1. The summed E-state index contributed by atoms with van der Waals surface area (Å²) in [5, 5.41) is 0. The number of rotatable bonds is 4. The van der Waals surface area contributed by atoms with Crippen LogP contribution < -0.4 is 10.6 Å². The lowest BCUT2D eigenvalue weighted by atomic mass is 10.1. The quantitative estimate of drug-likeness (QED) is 0.798. The number of anilines is 1. The van der Waals surface area contributed by atoms with E-state index in [-0.39, 0.29) is 11.7 Å². The SMILES string of the molecule is CC(CN(C)c1ccc(F)cc1)C(N)=S. The Morgan fingerprint density at radius 2 is 2.00 bits per heavy atom. The predicted molar refractivity (Wildman–Crippen MR) is 65.6 cm³/mol. The fourth-order valence-corrected chi connectivity index (χ4v) is 1.38. The third-order valence-corrected chi connectivity index (χ3v) is 2.70. The minimum atomic E-state index is -0.227. The Bertz CT molecular complexity index is 337. The average Bonchev–Trinajstić information content (AvgIpc) is 2.18. The molecule has 1 aromatic rings. The molecule has 82 valence electrons. The molecule has 0 spiro atoms. The Morgan fingerprint density at radius 1 is 1.47 bits per heavy atom.